The summed E-state index contributed by atoms with van der Waals surface area (Å²) >= 11 is 3.55. The van der Waals surface area contributed by atoms with Crippen LogP contribution in [0.2, 0.25) is 0 Å². The lowest BCUT2D eigenvalue weighted by molar-refractivity contribution is 1.01. The van der Waals surface area contributed by atoms with E-state index in [4.69, 9.17) is 4.98 Å². The van der Waals surface area contributed by atoms with Gasteiger partial charge in [0.05, 0.1) is 11.2 Å². The Kier molecular flexibility index (Phi) is 3.90. The maximum Gasteiger partial charge on any atom is 0.146 e. The molecule has 8 aromatic rings. The molecule has 0 atom stereocenters. The molecule has 0 aliphatic rings. The number of hydrogen-bond donors (Lipinski definition) is 0. The van der Waals surface area contributed by atoms with Gasteiger partial charge in [-0.05, 0) is 40.8 Å². The molecule has 166 valence electrons. The first-order valence-corrected chi connectivity index (χ1v) is 13.4. The molecule has 5 heterocycles. The van der Waals surface area contributed by atoms with Gasteiger partial charge in [-0.15, -0.1) is 22.7 Å². The second-order valence-electron chi connectivity index (χ2n) is 9.04. The Bertz CT molecular complexity index is 2000. The smallest absolute Gasteiger partial charge is 0.146 e. The van der Waals surface area contributed by atoms with Crippen molar-refractivity contribution in [3.8, 4) is 22.4 Å². The monoisotopic (exact) mass is 485 g/mol. The van der Waals surface area contributed by atoms with Crippen LogP contribution >= 0.6 is 22.7 Å². The van der Waals surface area contributed by atoms with Gasteiger partial charge in [0.1, 0.15) is 5.65 Å². The summed E-state index contributed by atoms with van der Waals surface area (Å²) in [5, 5.41) is 11.8. The lowest BCUT2D eigenvalue weighted by Crippen LogP contribution is -1.86. The van der Waals surface area contributed by atoms with Crippen molar-refractivity contribution >= 4 is 71.1 Å². The van der Waals surface area contributed by atoms with E-state index in [9.17, 15) is 0 Å². The average Bonchev–Trinajstić information content (AvgIpc) is 3.69. The molecule has 0 N–H and O–H groups in total. The van der Waals surface area contributed by atoms with Gasteiger partial charge in [0.25, 0.3) is 0 Å². The molecule has 0 fully saturated rings. The van der Waals surface area contributed by atoms with Gasteiger partial charge in [0.15, 0.2) is 0 Å². The maximum absolute atomic E-state index is 5.06. The van der Waals surface area contributed by atoms with Crippen molar-refractivity contribution in [3.63, 3.8) is 0 Å². The Morgan fingerprint density at radius 2 is 1.49 bits per heavy atom. The minimum atomic E-state index is 1.01. The second kappa shape index (κ2) is 7.04. The van der Waals surface area contributed by atoms with Gasteiger partial charge in [-0.3, -0.25) is 4.40 Å². The first-order valence-electron chi connectivity index (χ1n) is 11.6. The van der Waals surface area contributed by atoms with Gasteiger partial charge in [-0.25, -0.2) is 4.98 Å². The first-order chi connectivity index (χ1) is 17.3. The number of benzene rings is 3. The molecule has 35 heavy (non-hydrogen) atoms. The van der Waals surface area contributed by atoms with Crippen LogP contribution in [0.3, 0.4) is 0 Å². The predicted molar refractivity (Wildman–Crippen MR) is 151 cm³/mol. The van der Waals surface area contributed by atoms with Gasteiger partial charge >= 0.3 is 0 Å². The third-order valence-electron chi connectivity index (χ3n) is 7.19. The average molecular weight is 486 g/mol. The molecule has 0 saturated heterocycles. The zero-order valence-corrected chi connectivity index (χ0v) is 20.5. The lowest BCUT2D eigenvalue weighted by Gasteiger charge is -2.05. The van der Waals surface area contributed by atoms with E-state index in [2.05, 4.69) is 111 Å². The number of para-hydroxylation sites is 1. The van der Waals surface area contributed by atoms with Gasteiger partial charge in [-0.2, -0.15) is 0 Å². The zero-order chi connectivity index (χ0) is 23.1. The number of pyridine rings is 1. The Labute approximate surface area is 209 Å². The van der Waals surface area contributed by atoms with Crippen LogP contribution in [-0.4, -0.2) is 14.0 Å². The number of thiophene rings is 2. The highest BCUT2D eigenvalue weighted by Gasteiger charge is 2.14. The minimum Gasteiger partial charge on any atom is -0.344 e. The van der Waals surface area contributed by atoms with Gasteiger partial charge < -0.3 is 4.57 Å². The molecule has 0 saturated carbocycles. The number of aromatic nitrogens is 3. The van der Waals surface area contributed by atoms with Crippen LogP contribution in [0.4, 0.5) is 0 Å². The van der Waals surface area contributed by atoms with Crippen LogP contribution < -0.4 is 0 Å². The van der Waals surface area contributed by atoms with E-state index >= 15 is 0 Å². The highest BCUT2D eigenvalue weighted by Crippen LogP contribution is 2.37. The van der Waals surface area contributed by atoms with E-state index in [-0.39, 0.29) is 0 Å². The third kappa shape index (κ3) is 2.68. The summed E-state index contributed by atoms with van der Waals surface area (Å²) in [6, 6.07) is 26.4. The van der Waals surface area contributed by atoms with E-state index in [1.54, 1.807) is 22.7 Å². The van der Waals surface area contributed by atoms with Crippen LogP contribution in [0.25, 0.3) is 70.8 Å². The van der Waals surface area contributed by atoms with E-state index < -0.39 is 0 Å². The summed E-state index contributed by atoms with van der Waals surface area (Å²) in [5.74, 6) is 0. The van der Waals surface area contributed by atoms with Crippen molar-refractivity contribution < 1.29 is 0 Å². The molecule has 0 aliphatic carbocycles. The first kappa shape index (κ1) is 19.4. The molecule has 0 spiro atoms. The maximum atomic E-state index is 5.06. The predicted octanol–water partition coefficient (Wildman–Crippen LogP) is 8.74. The molecule has 8 rings (SSSR count). The Morgan fingerprint density at radius 3 is 2.40 bits per heavy atom. The zero-order valence-electron chi connectivity index (χ0n) is 18.9. The topological polar surface area (TPSA) is 22.2 Å². The highest BCUT2D eigenvalue weighted by molar-refractivity contribution is 7.19. The quantitative estimate of drug-likeness (QED) is 0.240. The second-order valence-corrected chi connectivity index (χ2v) is 10.7. The van der Waals surface area contributed by atoms with E-state index in [1.807, 2.05) is 0 Å². The van der Waals surface area contributed by atoms with Gasteiger partial charge in [-0.1, -0.05) is 48.5 Å². The van der Waals surface area contributed by atoms with Crippen molar-refractivity contribution in [2.75, 3.05) is 0 Å². The molecule has 0 amide bonds. The van der Waals surface area contributed by atoms with E-state index in [0.717, 1.165) is 16.9 Å². The Hall–Kier alpha value is -3.93. The van der Waals surface area contributed by atoms with Crippen molar-refractivity contribution in [1.29, 1.82) is 0 Å². The molecule has 0 unspecified atom stereocenters. The normalized spacial score (nSPS) is 12.1. The van der Waals surface area contributed by atoms with Crippen LogP contribution in [-0.2, 0) is 7.05 Å². The number of hydrogen-bond acceptors (Lipinski definition) is 3. The molecule has 3 nitrogen and oxygen atoms in total. The van der Waals surface area contributed by atoms with Crippen molar-refractivity contribution in [2.24, 2.45) is 7.05 Å². The van der Waals surface area contributed by atoms with E-state index in [0.29, 0.717) is 0 Å². The summed E-state index contributed by atoms with van der Waals surface area (Å²) in [4.78, 5) is 5.06. The standard InChI is InChI=1S/C30H19N3S2/c1-32-26-5-3-2-4-21(26)23-14-20(10-11-27(23)32)18-6-8-19(9-7-18)25-15-33-28-17-34-16-24(28)29-22(12-13-35-29)30(33)31-25/h2-17H,1H3. The molecule has 5 heteroatoms. The largest absolute Gasteiger partial charge is 0.344 e. The van der Waals surface area contributed by atoms with Gasteiger partial charge in [0.2, 0.25) is 0 Å². The molecular weight excluding hydrogens is 466 g/mol. The number of aryl methyl sites for hydroxylation is 1. The molecule has 0 aliphatic heterocycles. The molecular formula is C30H19N3S2. The third-order valence-corrected chi connectivity index (χ3v) is 8.86. The molecule has 3 aromatic carbocycles. The van der Waals surface area contributed by atoms with Crippen molar-refractivity contribution in [3.05, 3.63) is 95.1 Å². The van der Waals surface area contributed by atoms with Crippen LogP contribution in [0.15, 0.2) is 95.1 Å². The Balaban J connectivity index is 1.25. The summed E-state index contributed by atoms with van der Waals surface area (Å²) < 4.78 is 5.85. The molecule has 0 bridgehead atoms. The van der Waals surface area contributed by atoms with Crippen molar-refractivity contribution in [1.82, 2.24) is 14.0 Å². The summed E-state index contributed by atoms with van der Waals surface area (Å²) in [7, 11) is 2.14. The van der Waals surface area contributed by atoms with Crippen LogP contribution in [0, 0.1) is 0 Å². The highest BCUT2D eigenvalue weighted by atomic mass is 32.1. The number of fused-ring (bicyclic) bond motifs is 9. The number of rotatable bonds is 2. The summed E-state index contributed by atoms with van der Waals surface area (Å²) in [6.45, 7) is 0. The Morgan fingerprint density at radius 1 is 0.686 bits per heavy atom. The molecule has 0 radical (unpaired) electrons. The van der Waals surface area contributed by atoms with Crippen LogP contribution in [0.1, 0.15) is 0 Å². The summed E-state index contributed by atoms with van der Waals surface area (Å²) in [5.41, 5.74) is 9.38. The number of nitrogens with zero attached hydrogens (tertiary/aromatic N) is 3. The fourth-order valence-corrected chi connectivity index (χ4v) is 7.22. The van der Waals surface area contributed by atoms with Gasteiger partial charge in [0, 0.05) is 66.8 Å². The lowest BCUT2D eigenvalue weighted by atomic mass is 10.0. The van der Waals surface area contributed by atoms with E-state index in [1.165, 1.54) is 53.9 Å². The summed E-state index contributed by atoms with van der Waals surface area (Å²) in [6.07, 6.45) is 2.18. The fourth-order valence-electron chi connectivity index (χ4n) is 5.41. The minimum absolute atomic E-state index is 1.01. The van der Waals surface area contributed by atoms with Crippen LogP contribution in [0.5, 0.6) is 0 Å². The SMILES string of the molecule is Cn1c2ccccc2c2cc(-c3ccc(-c4cn5c6cscc6c6sccc6c5n4)cc3)ccc21. The van der Waals surface area contributed by atoms with Crippen molar-refractivity contribution in [2.45, 2.75) is 0 Å². The molecule has 5 aromatic heterocycles. The number of imidazole rings is 1. The fraction of sp³-hybridized carbons (Fsp3) is 0.0333.